The van der Waals surface area contributed by atoms with Gasteiger partial charge in [-0.1, -0.05) is 13.8 Å². The molecule has 1 aromatic carbocycles. The Labute approximate surface area is 143 Å². The largest absolute Gasteiger partial charge is 0.496 e. The number of ketones is 1. The zero-order valence-corrected chi connectivity index (χ0v) is 15.2. The van der Waals surface area contributed by atoms with Crippen molar-refractivity contribution < 1.29 is 28.5 Å². The zero-order chi connectivity index (χ0) is 18.3. The number of rotatable bonds is 9. The van der Waals surface area contributed by atoms with E-state index in [2.05, 4.69) is 18.6 Å². The van der Waals surface area contributed by atoms with Crippen LogP contribution in [-0.4, -0.2) is 39.7 Å². The molecule has 0 N–H and O–H groups in total. The molecular formula is C18H26O6. The van der Waals surface area contributed by atoms with E-state index < -0.39 is 5.97 Å². The maximum atomic E-state index is 12.1. The number of ether oxygens (including phenoxy) is 4. The predicted molar refractivity (Wildman–Crippen MR) is 90.2 cm³/mol. The minimum absolute atomic E-state index is 0.208. The molecule has 0 spiro atoms. The van der Waals surface area contributed by atoms with Crippen LogP contribution in [0.4, 0.5) is 0 Å². The van der Waals surface area contributed by atoms with Crippen molar-refractivity contribution in [3.8, 4) is 17.2 Å². The molecule has 0 aliphatic rings. The summed E-state index contributed by atoms with van der Waals surface area (Å²) in [5, 5.41) is 0. The van der Waals surface area contributed by atoms with Crippen molar-refractivity contribution in [3.63, 3.8) is 0 Å². The van der Waals surface area contributed by atoms with Gasteiger partial charge < -0.3 is 18.9 Å². The number of methoxy groups -OCH3 is 3. The Balaban J connectivity index is 3.46. The van der Waals surface area contributed by atoms with E-state index in [0.29, 0.717) is 35.2 Å². The highest BCUT2D eigenvalue weighted by Crippen LogP contribution is 2.40. The zero-order valence-electron chi connectivity index (χ0n) is 15.2. The van der Waals surface area contributed by atoms with Gasteiger partial charge in [0.1, 0.15) is 22.8 Å². The summed E-state index contributed by atoms with van der Waals surface area (Å²) in [5.74, 6) is 0.974. The molecule has 6 heteroatoms. The lowest BCUT2D eigenvalue weighted by Gasteiger charge is -2.20. The van der Waals surface area contributed by atoms with Gasteiger partial charge in [-0.25, -0.2) is 4.79 Å². The molecule has 0 saturated heterocycles. The number of hydrogen-bond donors (Lipinski definition) is 0. The van der Waals surface area contributed by atoms with Crippen LogP contribution in [-0.2, 0) is 16.0 Å². The van der Waals surface area contributed by atoms with Gasteiger partial charge in [0.15, 0.2) is 12.4 Å². The SMILES string of the molecule is COC(=O)COc1c(CCC(C)C)c(OC)cc(OC)c1C(C)=O. The predicted octanol–water partition coefficient (Wildman–Crippen LogP) is 3.05. The normalized spacial score (nSPS) is 10.5. The van der Waals surface area contributed by atoms with E-state index in [-0.39, 0.29) is 12.4 Å². The fourth-order valence-electron chi connectivity index (χ4n) is 2.35. The topological polar surface area (TPSA) is 71.1 Å². The monoisotopic (exact) mass is 338 g/mol. The summed E-state index contributed by atoms with van der Waals surface area (Å²) in [6.45, 7) is 5.36. The molecule has 0 aliphatic heterocycles. The second-order valence-electron chi connectivity index (χ2n) is 5.82. The van der Waals surface area contributed by atoms with Crippen LogP contribution in [0.3, 0.4) is 0 Å². The molecule has 0 atom stereocenters. The maximum Gasteiger partial charge on any atom is 0.343 e. The maximum absolute atomic E-state index is 12.1. The van der Waals surface area contributed by atoms with Crippen molar-refractivity contribution in [2.24, 2.45) is 5.92 Å². The molecule has 0 fully saturated rings. The molecule has 0 amide bonds. The summed E-state index contributed by atoms with van der Waals surface area (Å²) in [5.41, 5.74) is 1.06. The average molecular weight is 338 g/mol. The fourth-order valence-corrected chi connectivity index (χ4v) is 2.35. The van der Waals surface area contributed by atoms with Crippen molar-refractivity contribution >= 4 is 11.8 Å². The van der Waals surface area contributed by atoms with Crippen molar-refractivity contribution in [3.05, 3.63) is 17.2 Å². The molecular weight excluding hydrogens is 312 g/mol. The lowest BCUT2D eigenvalue weighted by molar-refractivity contribution is -0.142. The molecule has 6 nitrogen and oxygen atoms in total. The van der Waals surface area contributed by atoms with Crippen LogP contribution in [0, 0.1) is 5.92 Å². The van der Waals surface area contributed by atoms with Gasteiger partial charge in [-0.3, -0.25) is 4.79 Å². The number of Topliss-reactive ketones (excluding diaryl/α,β-unsaturated/α-hetero) is 1. The molecule has 0 saturated carbocycles. The average Bonchev–Trinajstić information content (AvgIpc) is 2.56. The van der Waals surface area contributed by atoms with Crippen molar-refractivity contribution in [1.82, 2.24) is 0 Å². The molecule has 0 unspecified atom stereocenters. The van der Waals surface area contributed by atoms with Crippen LogP contribution >= 0.6 is 0 Å². The second kappa shape index (κ2) is 9.15. The quantitative estimate of drug-likeness (QED) is 0.509. The fraction of sp³-hybridized carbons (Fsp3) is 0.556. The summed E-state index contributed by atoms with van der Waals surface area (Å²) < 4.78 is 21.0. The standard InChI is InChI=1S/C18H26O6/c1-11(2)7-8-13-14(21-4)9-15(22-5)17(12(3)19)18(13)24-10-16(20)23-6/h9,11H,7-8,10H2,1-6H3. The molecule has 134 valence electrons. The van der Waals surface area contributed by atoms with E-state index in [1.165, 1.54) is 21.1 Å². The van der Waals surface area contributed by atoms with Gasteiger partial charge >= 0.3 is 5.97 Å². The summed E-state index contributed by atoms with van der Waals surface area (Å²) in [7, 11) is 4.30. The third kappa shape index (κ3) is 4.88. The lowest BCUT2D eigenvalue weighted by atomic mass is 9.96. The highest BCUT2D eigenvalue weighted by molar-refractivity contribution is 6.00. The smallest absolute Gasteiger partial charge is 0.343 e. The van der Waals surface area contributed by atoms with E-state index in [4.69, 9.17) is 14.2 Å². The first-order valence-electron chi connectivity index (χ1n) is 7.84. The Hall–Kier alpha value is -2.24. The van der Waals surface area contributed by atoms with Crippen LogP contribution in [0.15, 0.2) is 6.07 Å². The van der Waals surface area contributed by atoms with Gasteiger partial charge in [-0.2, -0.15) is 0 Å². The van der Waals surface area contributed by atoms with Gasteiger partial charge in [0.05, 0.1) is 21.3 Å². The van der Waals surface area contributed by atoms with E-state index in [1.807, 2.05) is 0 Å². The third-order valence-corrected chi connectivity index (χ3v) is 3.63. The van der Waals surface area contributed by atoms with E-state index >= 15 is 0 Å². The lowest BCUT2D eigenvalue weighted by Crippen LogP contribution is -2.16. The molecule has 1 rings (SSSR count). The van der Waals surface area contributed by atoms with Crippen LogP contribution in [0.2, 0.25) is 0 Å². The number of esters is 1. The molecule has 0 bridgehead atoms. The van der Waals surface area contributed by atoms with Gasteiger partial charge in [0.25, 0.3) is 0 Å². The minimum Gasteiger partial charge on any atom is -0.496 e. The Bertz CT molecular complexity index is 592. The first kappa shape index (κ1) is 19.8. The van der Waals surface area contributed by atoms with Crippen LogP contribution in [0.25, 0.3) is 0 Å². The van der Waals surface area contributed by atoms with Gasteiger partial charge in [0, 0.05) is 11.6 Å². The molecule has 0 aromatic heterocycles. The Morgan fingerprint density at radius 1 is 1.08 bits per heavy atom. The second-order valence-corrected chi connectivity index (χ2v) is 5.82. The molecule has 0 aliphatic carbocycles. The summed E-state index contributed by atoms with van der Waals surface area (Å²) in [6, 6.07) is 1.68. The number of hydrogen-bond acceptors (Lipinski definition) is 6. The van der Waals surface area contributed by atoms with E-state index in [9.17, 15) is 9.59 Å². The van der Waals surface area contributed by atoms with Crippen LogP contribution < -0.4 is 14.2 Å². The third-order valence-electron chi connectivity index (χ3n) is 3.63. The van der Waals surface area contributed by atoms with Gasteiger partial charge in [-0.15, -0.1) is 0 Å². The number of carbonyl (C=O) groups excluding carboxylic acids is 2. The van der Waals surface area contributed by atoms with Crippen molar-refractivity contribution in [2.45, 2.75) is 33.6 Å². The molecule has 0 radical (unpaired) electrons. The summed E-state index contributed by atoms with van der Waals surface area (Å²) in [4.78, 5) is 23.6. The summed E-state index contributed by atoms with van der Waals surface area (Å²) in [6.07, 6.45) is 1.54. The first-order valence-corrected chi connectivity index (χ1v) is 7.84. The highest BCUT2D eigenvalue weighted by Gasteiger charge is 2.24. The van der Waals surface area contributed by atoms with Gasteiger partial charge in [-0.05, 0) is 25.7 Å². The Morgan fingerprint density at radius 3 is 2.17 bits per heavy atom. The Morgan fingerprint density at radius 2 is 1.71 bits per heavy atom. The highest BCUT2D eigenvalue weighted by atomic mass is 16.6. The first-order chi connectivity index (χ1) is 11.3. The number of benzene rings is 1. The van der Waals surface area contributed by atoms with Crippen molar-refractivity contribution in [2.75, 3.05) is 27.9 Å². The minimum atomic E-state index is -0.527. The summed E-state index contributed by atoms with van der Waals surface area (Å²) >= 11 is 0. The molecule has 24 heavy (non-hydrogen) atoms. The molecule has 1 aromatic rings. The van der Waals surface area contributed by atoms with Crippen LogP contribution in [0.1, 0.15) is 43.1 Å². The number of carbonyl (C=O) groups is 2. The van der Waals surface area contributed by atoms with Crippen molar-refractivity contribution in [1.29, 1.82) is 0 Å². The Kier molecular flexibility index (Phi) is 7.55. The molecule has 0 heterocycles. The van der Waals surface area contributed by atoms with E-state index in [1.54, 1.807) is 13.2 Å². The van der Waals surface area contributed by atoms with Gasteiger partial charge in [0.2, 0.25) is 0 Å². The van der Waals surface area contributed by atoms with Crippen LogP contribution in [0.5, 0.6) is 17.2 Å². The van der Waals surface area contributed by atoms with E-state index in [0.717, 1.165) is 12.0 Å².